The Kier molecular flexibility index (Phi) is 4.90. The van der Waals surface area contributed by atoms with Gasteiger partial charge in [-0.3, -0.25) is 4.98 Å². The van der Waals surface area contributed by atoms with Crippen LogP contribution >= 0.6 is 34.2 Å². The van der Waals surface area contributed by atoms with E-state index in [9.17, 15) is 0 Å². The molecule has 0 fully saturated rings. The van der Waals surface area contributed by atoms with Crippen LogP contribution < -0.4 is 5.32 Å². The topological polar surface area (TPSA) is 24.9 Å². The van der Waals surface area contributed by atoms with Crippen molar-refractivity contribution >= 4 is 50.8 Å². The van der Waals surface area contributed by atoms with Gasteiger partial charge in [-0.05, 0) is 60.1 Å². The monoisotopic (exact) mass is 388 g/mol. The van der Waals surface area contributed by atoms with Crippen LogP contribution in [0.4, 0.5) is 5.69 Å². The molecule has 1 N–H and O–H groups in total. The van der Waals surface area contributed by atoms with Gasteiger partial charge in [0.15, 0.2) is 0 Å². The van der Waals surface area contributed by atoms with E-state index in [4.69, 9.17) is 16.6 Å². The summed E-state index contributed by atoms with van der Waals surface area (Å²) >= 11 is 8.65. The average molecular weight is 389 g/mol. The first-order chi connectivity index (χ1) is 9.08. The van der Waals surface area contributed by atoms with Gasteiger partial charge >= 0.3 is 0 Å². The number of aryl methyl sites for hydroxylation is 1. The predicted molar refractivity (Wildman–Crippen MR) is 92.4 cm³/mol. The Morgan fingerprint density at radius 1 is 1.32 bits per heavy atom. The number of halogens is 2. The lowest BCUT2D eigenvalue weighted by atomic mass is 10.1. The standard InChI is InChI=1S/C15H18ClIN2/c1-4-6-18-14-9(3)13(5-2)19-15-11(14)7-10(17)8-12(15)16/h7-8H,4-6H2,1-3H3,(H,18,19). The van der Waals surface area contributed by atoms with Gasteiger partial charge in [-0.1, -0.05) is 25.4 Å². The van der Waals surface area contributed by atoms with Crippen LogP contribution in [0.5, 0.6) is 0 Å². The Labute approximate surface area is 133 Å². The molecule has 0 unspecified atom stereocenters. The van der Waals surface area contributed by atoms with E-state index < -0.39 is 0 Å². The largest absolute Gasteiger partial charge is 0.384 e. The molecule has 0 aliphatic heterocycles. The molecule has 2 aromatic rings. The molecule has 0 saturated heterocycles. The molecule has 4 heteroatoms. The van der Waals surface area contributed by atoms with Crippen molar-refractivity contribution in [1.82, 2.24) is 4.98 Å². The fraction of sp³-hybridized carbons (Fsp3) is 0.400. The van der Waals surface area contributed by atoms with Gasteiger partial charge in [0.2, 0.25) is 0 Å². The second-order valence-corrected chi connectivity index (χ2v) is 6.28. The van der Waals surface area contributed by atoms with Crippen molar-refractivity contribution in [1.29, 1.82) is 0 Å². The van der Waals surface area contributed by atoms with E-state index >= 15 is 0 Å². The summed E-state index contributed by atoms with van der Waals surface area (Å²) in [5.41, 5.74) is 4.45. The van der Waals surface area contributed by atoms with E-state index in [1.807, 2.05) is 6.07 Å². The molecular formula is C15H18ClIN2. The van der Waals surface area contributed by atoms with Crippen LogP contribution in [0.15, 0.2) is 12.1 Å². The number of hydrogen-bond donors (Lipinski definition) is 1. The van der Waals surface area contributed by atoms with Gasteiger partial charge in [0, 0.05) is 26.9 Å². The van der Waals surface area contributed by atoms with Crippen molar-refractivity contribution in [2.75, 3.05) is 11.9 Å². The summed E-state index contributed by atoms with van der Waals surface area (Å²) in [6.07, 6.45) is 2.02. The van der Waals surface area contributed by atoms with Crippen molar-refractivity contribution in [3.63, 3.8) is 0 Å². The smallest absolute Gasteiger partial charge is 0.0913 e. The molecular weight excluding hydrogens is 371 g/mol. The normalized spacial score (nSPS) is 11.0. The van der Waals surface area contributed by atoms with Gasteiger partial charge in [-0.2, -0.15) is 0 Å². The summed E-state index contributed by atoms with van der Waals surface area (Å²) < 4.78 is 1.14. The Hall–Kier alpha value is -0.550. The van der Waals surface area contributed by atoms with E-state index in [1.54, 1.807) is 0 Å². The second-order valence-electron chi connectivity index (χ2n) is 4.62. The van der Waals surface area contributed by atoms with Gasteiger partial charge in [0.1, 0.15) is 0 Å². The maximum Gasteiger partial charge on any atom is 0.0913 e. The molecule has 1 aromatic carbocycles. The molecule has 1 aromatic heterocycles. The highest BCUT2D eigenvalue weighted by Gasteiger charge is 2.13. The number of anilines is 1. The Morgan fingerprint density at radius 2 is 2.05 bits per heavy atom. The zero-order valence-corrected chi connectivity index (χ0v) is 14.4. The molecule has 0 amide bonds. The van der Waals surface area contributed by atoms with Crippen LogP contribution in [0.1, 0.15) is 31.5 Å². The molecule has 1 heterocycles. The summed E-state index contributed by atoms with van der Waals surface area (Å²) in [5.74, 6) is 0. The first kappa shape index (κ1) is 14.9. The Balaban J connectivity index is 2.75. The number of hydrogen-bond acceptors (Lipinski definition) is 2. The minimum absolute atomic E-state index is 0.733. The highest BCUT2D eigenvalue weighted by molar-refractivity contribution is 14.1. The lowest BCUT2D eigenvalue weighted by molar-refractivity contribution is 0.970. The summed E-state index contributed by atoms with van der Waals surface area (Å²) in [4.78, 5) is 4.73. The fourth-order valence-electron chi connectivity index (χ4n) is 2.26. The van der Waals surface area contributed by atoms with Crippen molar-refractivity contribution in [2.45, 2.75) is 33.6 Å². The minimum atomic E-state index is 0.733. The Bertz CT molecular complexity index is 611. The van der Waals surface area contributed by atoms with Crippen LogP contribution in [0, 0.1) is 10.5 Å². The third-order valence-electron chi connectivity index (χ3n) is 3.24. The highest BCUT2D eigenvalue weighted by atomic mass is 127. The molecule has 19 heavy (non-hydrogen) atoms. The lowest BCUT2D eigenvalue weighted by Gasteiger charge is -2.16. The lowest BCUT2D eigenvalue weighted by Crippen LogP contribution is -2.06. The van der Waals surface area contributed by atoms with Crippen LogP contribution in [0.2, 0.25) is 5.02 Å². The summed E-state index contributed by atoms with van der Waals surface area (Å²) in [5, 5.41) is 5.39. The van der Waals surface area contributed by atoms with Crippen molar-refractivity contribution in [2.24, 2.45) is 0 Å². The number of aromatic nitrogens is 1. The number of nitrogens with one attached hydrogen (secondary N) is 1. The molecule has 0 radical (unpaired) electrons. The van der Waals surface area contributed by atoms with Crippen molar-refractivity contribution < 1.29 is 0 Å². The molecule has 0 saturated carbocycles. The van der Waals surface area contributed by atoms with Gasteiger partial charge in [0.25, 0.3) is 0 Å². The highest BCUT2D eigenvalue weighted by Crippen LogP contribution is 2.33. The third-order valence-corrected chi connectivity index (χ3v) is 4.15. The van der Waals surface area contributed by atoms with Crippen LogP contribution in [-0.4, -0.2) is 11.5 Å². The minimum Gasteiger partial charge on any atom is -0.384 e. The van der Waals surface area contributed by atoms with E-state index in [0.29, 0.717) is 0 Å². The molecule has 102 valence electrons. The number of rotatable bonds is 4. The number of fused-ring (bicyclic) bond motifs is 1. The first-order valence-corrected chi connectivity index (χ1v) is 8.06. The van der Waals surface area contributed by atoms with Crippen LogP contribution in [-0.2, 0) is 6.42 Å². The molecule has 0 bridgehead atoms. The van der Waals surface area contributed by atoms with E-state index in [0.717, 1.165) is 44.6 Å². The predicted octanol–water partition coefficient (Wildman–Crippen LogP) is 5.19. The van der Waals surface area contributed by atoms with E-state index in [2.05, 4.69) is 54.7 Å². The van der Waals surface area contributed by atoms with Gasteiger partial charge in [-0.25, -0.2) is 0 Å². The zero-order valence-electron chi connectivity index (χ0n) is 11.5. The summed E-state index contributed by atoms with van der Waals surface area (Å²) in [6.45, 7) is 7.40. The van der Waals surface area contributed by atoms with E-state index in [-0.39, 0.29) is 0 Å². The van der Waals surface area contributed by atoms with Crippen molar-refractivity contribution in [3.05, 3.63) is 32.0 Å². The van der Waals surface area contributed by atoms with E-state index in [1.165, 1.54) is 11.3 Å². The quantitative estimate of drug-likeness (QED) is 0.730. The maximum atomic E-state index is 6.35. The maximum absolute atomic E-state index is 6.35. The molecule has 2 nitrogen and oxygen atoms in total. The van der Waals surface area contributed by atoms with Crippen LogP contribution in [0.25, 0.3) is 10.9 Å². The molecule has 0 aliphatic rings. The Morgan fingerprint density at radius 3 is 2.68 bits per heavy atom. The third kappa shape index (κ3) is 2.97. The SMILES string of the molecule is CCCNc1c(C)c(CC)nc2c(Cl)cc(I)cc12. The van der Waals surface area contributed by atoms with Crippen molar-refractivity contribution in [3.8, 4) is 0 Å². The zero-order chi connectivity index (χ0) is 14.0. The van der Waals surface area contributed by atoms with Gasteiger partial charge in [0.05, 0.1) is 10.5 Å². The molecule has 0 aliphatic carbocycles. The van der Waals surface area contributed by atoms with Crippen LogP contribution in [0.3, 0.4) is 0 Å². The average Bonchev–Trinajstić information content (AvgIpc) is 2.37. The molecule has 0 spiro atoms. The number of benzene rings is 1. The number of pyridine rings is 1. The summed E-state index contributed by atoms with van der Waals surface area (Å²) in [7, 11) is 0. The molecule has 0 atom stereocenters. The number of nitrogens with zero attached hydrogens (tertiary/aromatic N) is 1. The van der Waals surface area contributed by atoms with Gasteiger partial charge in [-0.15, -0.1) is 0 Å². The molecule has 2 rings (SSSR count). The summed E-state index contributed by atoms with van der Waals surface area (Å²) in [6, 6.07) is 4.12. The first-order valence-electron chi connectivity index (χ1n) is 6.60. The van der Waals surface area contributed by atoms with Gasteiger partial charge < -0.3 is 5.32 Å². The second kappa shape index (κ2) is 6.27. The fourth-order valence-corrected chi connectivity index (χ4v) is 3.33.